The Morgan fingerprint density at radius 3 is 2.45 bits per heavy atom. The molecule has 1 aliphatic heterocycles. The van der Waals surface area contributed by atoms with E-state index in [1.807, 2.05) is 0 Å². The van der Waals surface area contributed by atoms with Crippen LogP contribution in [0.1, 0.15) is 10.4 Å². The van der Waals surface area contributed by atoms with Gasteiger partial charge in [-0.1, -0.05) is 17.7 Å². The van der Waals surface area contributed by atoms with Gasteiger partial charge in [-0.25, -0.2) is 8.42 Å². The molecule has 0 aliphatic carbocycles. The van der Waals surface area contributed by atoms with Crippen LogP contribution in [-0.2, 0) is 14.8 Å². The highest BCUT2D eigenvalue weighted by Gasteiger charge is 2.18. The zero-order valence-electron chi connectivity index (χ0n) is 17.0. The number of hydrogen-bond donors (Lipinski definition) is 3. The van der Waals surface area contributed by atoms with Crippen molar-refractivity contribution in [3.8, 4) is 11.5 Å². The molecule has 170 valence electrons. The molecule has 3 aromatic carbocycles. The SMILES string of the molecule is O=C(CNC(=O)c1ccc2c(c1)OCO2)Nc1cccc(S(=O)(=O)Nc2ccc(Cl)cc2)c1. The minimum atomic E-state index is -3.89. The van der Waals surface area contributed by atoms with Crippen LogP contribution >= 0.6 is 11.6 Å². The minimum absolute atomic E-state index is 0.0420. The van der Waals surface area contributed by atoms with Crippen LogP contribution < -0.4 is 24.8 Å². The van der Waals surface area contributed by atoms with Crippen molar-refractivity contribution in [1.82, 2.24) is 5.32 Å². The largest absolute Gasteiger partial charge is 0.454 e. The summed E-state index contributed by atoms with van der Waals surface area (Å²) in [7, 11) is -3.89. The number of carbonyl (C=O) groups excluding carboxylic acids is 2. The van der Waals surface area contributed by atoms with Gasteiger partial charge in [-0.15, -0.1) is 0 Å². The fourth-order valence-corrected chi connectivity index (χ4v) is 4.21. The number of anilines is 2. The molecule has 0 fully saturated rings. The highest BCUT2D eigenvalue weighted by Crippen LogP contribution is 2.32. The first-order chi connectivity index (χ1) is 15.8. The Morgan fingerprint density at radius 1 is 0.909 bits per heavy atom. The minimum Gasteiger partial charge on any atom is -0.454 e. The molecule has 3 aromatic rings. The number of fused-ring (bicyclic) bond motifs is 1. The average Bonchev–Trinajstić information content (AvgIpc) is 3.27. The monoisotopic (exact) mass is 487 g/mol. The molecular formula is C22H18ClN3O6S. The zero-order valence-corrected chi connectivity index (χ0v) is 18.6. The van der Waals surface area contributed by atoms with E-state index in [1.165, 1.54) is 36.4 Å². The van der Waals surface area contributed by atoms with Gasteiger partial charge in [0.25, 0.3) is 15.9 Å². The quantitative estimate of drug-likeness (QED) is 0.470. The molecule has 0 saturated carbocycles. The fraction of sp³-hybridized carbons (Fsp3) is 0.0909. The van der Waals surface area contributed by atoms with E-state index < -0.39 is 21.8 Å². The van der Waals surface area contributed by atoms with E-state index in [4.69, 9.17) is 21.1 Å². The van der Waals surface area contributed by atoms with Gasteiger partial charge in [-0.2, -0.15) is 0 Å². The maximum absolute atomic E-state index is 12.6. The Balaban J connectivity index is 1.36. The number of ether oxygens (including phenoxy) is 2. The molecule has 1 aliphatic rings. The van der Waals surface area contributed by atoms with Crippen LogP contribution in [0, 0.1) is 0 Å². The second-order valence-electron chi connectivity index (χ2n) is 6.94. The number of amides is 2. The summed E-state index contributed by atoms with van der Waals surface area (Å²) in [5, 5.41) is 5.55. The Labute approximate surface area is 194 Å². The van der Waals surface area contributed by atoms with Crippen LogP contribution in [0.3, 0.4) is 0 Å². The van der Waals surface area contributed by atoms with Gasteiger partial charge in [-0.3, -0.25) is 14.3 Å². The molecule has 0 atom stereocenters. The van der Waals surface area contributed by atoms with Gasteiger partial charge in [-0.05, 0) is 60.7 Å². The summed E-state index contributed by atoms with van der Waals surface area (Å²) in [6.07, 6.45) is 0. The van der Waals surface area contributed by atoms with Crippen LogP contribution in [0.4, 0.5) is 11.4 Å². The van der Waals surface area contributed by atoms with Crippen LogP contribution in [-0.4, -0.2) is 33.6 Å². The second kappa shape index (κ2) is 9.39. The predicted octanol–water partition coefficient (Wildman–Crippen LogP) is 3.24. The lowest BCUT2D eigenvalue weighted by Gasteiger charge is -2.11. The van der Waals surface area contributed by atoms with Gasteiger partial charge in [0.1, 0.15) is 0 Å². The molecule has 0 unspecified atom stereocenters. The van der Waals surface area contributed by atoms with Gasteiger partial charge in [0.2, 0.25) is 12.7 Å². The first kappa shape index (κ1) is 22.4. The van der Waals surface area contributed by atoms with Crippen LogP contribution in [0.2, 0.25) is 5.02 Å². The Morgan fingerprint density at radius 2 is 1.67 bits per heavy atom. The summed E-state index contributed by atoms with van der Waals surface area (Å²) in [4.78, 5) is 24.5. The van der Waals surface area contributed by atoms with Gasteiger partial charge in [0, 0.05) is 22.0 Å². The van der Waals surface area contributed by atoms with E-state index in [1.54, 1.807) is 30.3 Å². The maximum atomic E-state index is 12.6. The smallest absolute Gasteiger partial charge is 0.261 e. The van der Waals surface area contributed by atoms with Crippen LogP contribution in [0.5, 0.6) is 11.5 Å². The number of hydrogen-bond acceptors (Lipinski definition) is 6. The number of nitrogens with one attached hydrogen (secondary N) is 3. The molecule has 3 N–H and O–H groups in total. The van der Waals surface area contributed by atoms with Crippen LogP contribution in [0.25, 0.3) is 0 Å². The molecular weight excluding hydrogens is 470 g/mol. The molecule has 0 bridgehead atoms. The van der Waals surface area contributed by atoms with Crippen molar-refractivity contribution in [2.75, 3.05) is 23.4 Å². The third-order valence-corrected chi connectivity index (χ3v) is 6.20. The normalized spacial score (nSPS) is 12.2. The topological polar surface area (TPSA) is 123 Å². The Bertz CT molecular complexity index is 1310. The van der Waals surface area contributed by atoms with Crippen molar-refractivity contribution in [2.24, 2.45) is 0 Å². The first-order valence-corrected chi connectivity index (χ1v) is 11.5. The maximum Gasteiger partial charge on any atom is 0.261 e. The number of benzene rings is 3. The van der Waals surface area contributed by atoms with E-state index in [-0.39, 0.29) is 23.9 Å². The Hall–Kier alpha value is -3.76. The number of rotatable bonds is 7. The molecule has 0 aromatic heterocycles. The highest BCUT2D eigenvalue weighted by atomic mass is 35.5. The molecule has 1 heterocycles. The fourth-order valence-electron chi connectivity index (χ4n) is 2.98. The molecule has 9 nitrogen and oxygen atoms in total. The molecule has 2 amide bonds. The number of sulfonamides is 1. The molecule has 4 rings (SSSR count). The lowest BCUT2D eigenvalue weighted by molar-refractivity contribution is -0.115. The van der Waals surface area contributed by atoms with Crippen molar-refractivity contribution in [3.05, 3.63) is 77.3 Å². The second-order valence-corrected chi connectivity index (χ2v) is 9.06. The summed E-state index contributed by atoms with van der Waals surface area (Å²) in [5.41, 5.74) is 0.921. The van der Waals surface area contributed by atoms with Crippen molar-refractivity contribution in [1.29, 1.82) is 0 Å². The van der Waals surface area contributed by atoms with Gasteiger partial charge >= 0.3 is 0 Å². The molecule has 0 saturated heterocycles. The van der Waals surface area contributed by atoms with E-state index in [0.717, 1.165) is 0 Å². The number of halogens is 1. The zero-order chi connectivity index (χ0) is 23.4. The summed E-state index contributed by atoms with van der Waals surface area (Å²) in [5.74, 6) is 0.0123. The van der Waals surface area contributed by atoms with Crippen molar-refractivity contribution < 1.29 is 27.5 Å². The number of carbonyl (C=O) groups is 2. The van der Waals surface area contributed by atoms with Gasteiger partial charge in [0.15, 0.2) is 11.5 Å². The molecule has 33 heavy (non-hydrogen) atoms. The summed E-state index contributed by atoms with van der Waals surface area (Å²) >= 11 is 5.82. The summed E-state index contributed by atoms with van der Waals surface area (Å²) < 4.78 is 38.2. The predicted molar refractivity (Wildman–Crippen MR) is 122 cm³/mol. The van der Waals surface area contributed by atoms with E-state index in [2.05, 4.69) is 15.4 Å². The summed E-state index contributed by atoms with van der Waals surface area (Å²) in [6.45, 7) is -0.222. The van der Waals surface area contributed by atoms with Crippen LogP contribution in [0.15, 0.2) is 71.6 Å². The summed E-state index contributed by atoms with van der Waals surface area (Å²) in [6, 6.07) is 16.6. The molecule has 11 heteroatoms. The Kier molecular flexibility index (Phi) is 6.38. The lowest BCUT2D eigenvalue weighted by atomic mass is 10.2. The lowest BCUT2D eigenvalue weighted by Crippen LogP contribution is -2.32. The van der Waals surface area contributed by atoms with Crippen molar-refractivity contribution >= 4 is 44.8 Å². The van der Waals surface area contributed by atoms with E-state index >= 15 is 0 Å². The standard InChI is InChI=1S/C22H18ClN3O6S/c23-15-5-7-16(8-6-15)26-33(29,30)18-3-1-2-17(11-18)25-21(27)12-24-22(28)14-4-9-19-20(10-14)32-13-31-19/h1-11,26H,12-13H2,(H,24,28)(H,25,27). The molecule has 0 spiro atoms. The van der Waals surface area contributed by atoms with Gasteiger partial charge < -0.3 is 20.1 Å². The van der Waals surface area contributed by atoms with E-state index in [0.29, 0.717) is 27.8 Å². The third-order valence-electron chi connectivity index (χ3n) is 4.57. The highest BCUT2D eigenvalue weighted by molar-refractivity contribution is 7.92. The molecule has 0 radical (unpaired) electrons. The van der Waals surface area contributed by atoms with Crippen molar-refractivity contribution in [2.45, 2.75) is 4.90 Å². The average molecular weight is 488 g/mol. The van der Waals surface area contributed by atoms with Gasteiger partial charge in [0.05, 0.1) is 11.4 Å². The van der Waals surface area contributed by atoms with Crippen molar-refractivity contribution in [3.63, 3.8) is 0 Å². The first-order valence-electron chi connectivity index (χ1n) is 9.66. The van der Waals surface area contributed by atoms with E-state index in [9.17, 15) is 18.0 Å². The third kappa shape index (κ3) is 5.54.